The van der Waals surface area contributed by atoms with Gasteiger partial charge in [0, 0.05) is 31.2 Å². The van der Waals surface area contributed by atoms with Crippen molar-refractivity contribution in [1.82, 2.24) is 19.9 Å². The third-order valence-corrected chi connectivity index (χ3v) is 8.08. The van der Waals surface area contributed by atoms with Gasteiger partial charge >= 0.3 is 0 Å². The molecule has 1 saturated heterocycles. The van der Waals surface area contributed by atoms with Crippen molar-refractivity contribution >= 4 is 26.8 Å². The molecule has 0 saturated carbocycles. The third-order valence-electron chi connectivity index (χ3n) is 6.33. The SMILES string of the molecule is CCS(=O)(=O)c1ccc(Oc2cc3nc(-c4ccccn4)[nH]c3cc2C2CC(F)CN2C(C)=O)cc1. The number of hydrogen-bond acceptors (Lipinski definition) is 6. The van der Waals surface area contributed by atoms with Crippen molar-refractivity contribution < 1.29 is 22.3 Å². The monoisotopic (exact) mass is 508 g/mol. The highest BCUT2D eigenvalue weighted by atomic mass is 32.2. The Morgan fingerprint density at radius 1 is 1.19 bits per heavy atom. The van der Waals surface area contributed by atoms with Crippen molar-refractivity contribution in [2.75, 3.05) is 12.3 Å². The van der Waals surface area contributed by atoms with Crippen LogP contribution in [-0.2, 0) is 14.6 Å². The van der Waals surface area contributed by atoms with E-state index in [-0.39, 0.29) is 29.5 Å². The first-order valence-electron chi connectivity index (χ1n) is 11.6. The number of amides is 1. The number of alkyl halides is 1. The van der Waals surface area contributed by atoms with E-state index in [0.717, 1.165) is 0 Å². The standard InChI is InChI=1S/C26H25FN4O4S/c1-3-36(33,34)19-9-7-18(8-10-19)35-25-14-23-22(29-26(30-23)21-6-4-5-11-28-21)13-20(25)24-12-17(27)15-31(24)16(2)32/h4-11,13-14,17,24H,3,12,15H2,1-2H3,(H,29,30). The van der Waals surface area contributed by atoms with Crippen molar-refractivity contribution in [3.8, 4) is 23.0 Å². The van der Waals surface area contributed by atoms with Gasteiger partial charge in [-0.15, -0.1) is 0 Å². The molecule has 36 heavy (non-hydrogen) atoms. The summed E-state index contributed by atoms with van der Waals surface area (Å²) in [7, 11) is -3.35. The number of hydrogen-bond donors (Lipinski definition) is 1. The molecule has 1 fully saturated rings. The lowest BCUT2D eigenvalue weighted by molar-refractivity contribution is -0.129. The molecule has 2 aromatic heterocycles. The highest BCUT2D eigenvalue weighted by molar-refractivity contribution is 7.91. The number of imidazole rings is 1. The van der Waals surface area contributed by atoms with Crippen molar-refractivity contribution in [2.24, 2.45) is 0 Å². The summed E-state index contributed by atoms with van der Waals surface area (Å²) >= 11 is 0. The van der Waals surface area contributed by atoms with Crippen LogP contribution in [0.3, 0.4) is 0 Å². The number of pyridine rings is 1. The molecule has 10 heteroatoms. The fourth-order valence-corrected chi connectivity index (χ4v) is 5.35. The normalized spacial score (nSPS) is 18.0. The zero-order valence-corrected chi connectivity index (χ0v) is 20.6. The first-order valence-corrected chi connectivity index (χ1v) is 13.3. The van der Waals surface area contributed by atoms with Crippen LogP contribution in [0.4, 0.5) is 4.39 Å². The van der Waals surface area contributed by atoms with Crippen LogP contribution in [0.1, 0.15) is 31.9 Å². The van der Waals surface area contributed by atoms with Gasteiger partial charge in [0.1, 0.15) is 23.4 Å². The molecular weight excluding hydrogens is 483 g/mol. The molecule has 186 valence electrons. The highest BCUT2D eigenvalue weighted by Crippen LogP contribution is 2.41. The largest absolute Gasteiger partial charge is 0.457 e. The van der Waals surface area contributed by atoms with Crippen LogP contribution in [0.25, 0.3) is 22.6 Å². The summed E-state index contributed by atoms with van der Waals surface area (Å²) in [6.07, 6.45) is 0.679. The minimum Gasteiger partial charge on any atom is -0.457 e. The average Bonchev–Trinajstić information content (AvgIpc) is 3.47. The smallest absolute Gasteiger partial charge is 0.220 e. The van der Waals surface area contributed by atoms with Gasteiger partial charge in [-0.1, -0.05) is 13.0 Å². The second-order valence-corrected chi connectivity index (χ2v) is 11.0. The molecule has 0 spiro atoms. The zero-order valence-electron chi connectivity index (χ0n) is 19.8. The van der Waals surface area contributed by atoms with Crippen molar-refractivity contribution in [1.29, 1.82) is 0 Å². The molecule has 0 bridgehead atoms. The Hall–Kier alpha value is -3.79. The number of halogens is 1. The first kappa shape index (κ1) is 23.9. The van der Waals surface area contributed by atoms with Crippen LogP contribution in [0.5, 0.6) is 11.5 Å². The quantitative estimate of drug-likeness (QED) is 0.400. The topological polar surface area (TPSA) is 105 Å². The van der Waals surface area contributed by atoms with E-state index in [9.17, 15) is 17.6 Å². The summed E-state index contributed by atoms with van der Waals surface area (Å²) in [5, 5.41) is 0. The van der Waals surface area contributed by atoms with Gasteiger partial charge in [-0.2, -0.15) is 0 Å². The van der Waals surface area contributed by atoms with E-state index in [1.54, 1.807) is 31.3 Å². The molecule has 5 rings (SSSR count). The van der Waals surface area contributed by atoms with Crippen LogP contribution < -0.4 is 4.74 Å². The number of carbonyl (C=O) groups is 1. The van der Waals surface area contributed by atoms with Crippen LogP contribution in [0.2, 0.25) is 0 Å². The number of nitrogens with zero attached hydrogens (tertiary/aromatic N) is 3. The van der Waals surface area contributed by atoms with Gasteiger partial charge in [-0.25, -0.2) is 17.8 Å². The molecule has 1 aliphatic rings. The van der Waals surface area contributed by atoms with Crippen LogP contribution >= 0.6 is 0 Å². The van der Waals surface area contributed by atoms with Gasteiger partial charge in [0.05, 0.1) is 34.3 Å². The summed E-state index contributed by atoms with van der Waals surface area (Å²) in [6.45, 7) is 3.03. The van der Waals surface area contributed by atoms with Gasteiger partial charge < -0.3 is 14.6 Å². The maximum Gasteiger partial charge on any atom is 0.220 e. The number of carbonyl (C=O) groups excluding carboxylic acids is 1. The van der Waals surface area contributed by atoms with Crippen LogP contribution in [-0.4, -0.2) is 52.6 Å². The average molecular weight is 509 g/mol. The first-order chi connectivity index (χ1) is 17.2. The number of fused-ring (bicyclic) bond motifs is 1. The molecule has 1 N–H and O–H groups in total. The van der Waals surface area contributed by atoms with E-state index in [0.29, 0.717) is 39.6 Å². The molecule has 2 atom stereocenters. The molecule has 1 amide bonds. The van der Waals surface area contributed by atoms with Crippen molar-refractivity contribution in [3.05, 3.63) is 66.4 Å². The van der Waals surface area contributed by atoms with Crippen LogP contribution in [0, 0.1) is 0 Å². The fraction of sp³-hybridized carbons (Fsp3) is 0.269. The maximum absolute atomic E-state index is 14.4. The number of likely N-dealkylation sites (tertiary alicyclic amines) is 1. The molecule has 2 aromatic carbocycles. The Morgan fingerprint density at radius 2 is 1.97 bits per heavy atom. The molecule has 1 aliphatic heterocycles. The maximum atomic E-state index is 14.4. The van der Waals surface area contributed by atoms with E-state index in [1.807, 2.05) is 24.3 Å². The van der Waals surface area contributed by atoms with Gasteiger partial charge in [-0.05, 0) is 42.5 Å². The number of aromatic nitrogens is 3. The Labute approximate surface area is 208 Å². The minimum atomic E-state index is -3.35. The summed E-state index contributed by atoms with van der Waals surface area (Å²) in [5.74, 6) is 1.17. The predicted molar refractivity (Wildman–Crippen MR) is 133 cm³/mol. The Morgan fingerprint density at radius 3 is 2.64 bits per heavy atom. The van der Waals surface area contributed by atoms with E-state index in [4.69, 9.17) is 4.74 Å². The number of sulfone groups is 1. The van der Waals surface area contributed by atoms with Crippen LogP contribution in [0.15, 0.2) is 65.7 Å². The number of H-pyrrole nitrogens is 1. The minimum absolute atomic E-state index is 0.00125. The molecule has 0 aliphatic carbocycles. The Kier molecular flexibility index (Phi) is 6.21. The van der Waals surface area contributed by atoms with E-state index in [2.05, 4.69) is 15.0 Å². The summed E-state index contributed by atoms with van der Waals surface area (Å²) in [6, 6.07) is 14.7. The van der Waals surface area contributed by atoms with Crippen molar-refractivity contribution in [3.63, 3.8) is 0 Å². The molecule has 2 unspecified atom stereocenters. The molecule has 0 radical (unpaired) electrons. The lowest BCUT2D eigenvalue weighted by Gasteiger charge is -2.25. The number of ether oxygens (including phenoxy) is 1. The molecule has 4 aromatic rings. The lowest BCUT2D eigenvalue weighted by atomic mass is 10.0. The summed E-state index contributed by atoms with van der Waals surface area (Å²) in [5.41, 5.74) is 2.62. The Balaban J connectivity index is 1.59. The van der Waals surface area contributed by atoms with E-state index in [1.165, 1.54) is 24.0 Å². The predicted octanol–water partition coefficient (Wildman–Crippen LogP) is 4.84. The molecular formula is C26H25FN4O4S. The van der Waals surface area contributed by atoms with Gasteiger partial charge in [0.2, 0.25) is 5.91 Å². The second kappa shape index (κ2) is 9.34. The summed E-state index contributed by atoms with van der Waals surface area (Å²) in [4.78, 5) is 26.2. The van der Waals surface area contributed by atoms with Gasteiger partial charge in [-0.3, -0.25) is 9.78 Å². The number of aromatic amines is 1. The third kappa shape index (κ3) is 4.56. The lowest BCUT2D eigenvalue weighted by Crippen LogP contribution is -2.29. The second-order valence-electron chi connectivity index (χ2n) is 8.70. The molecule has 3 heterocycles. The fourth-order valence-electron chi connectivity index (χ4n) is 4.46. The number of nitrogens with one attached hydrogen (secondary N) is 1. The number of rotatable bonds is 6. The Bertz CT molecular complexity index is 1520. The summed E-state index contributed by atoms with van der Waals surface area (Å²) < 4.78 is 45.0. The van der Waals surface area contributed by atoms with E-state index >= 15 is 0 Å². The van der Waals surface area contributed by atoms with E-state index < -0.39 is 22.1 Å². The number of benzene rings is 2. The van der Waals surface area contributed by atoms with Crippen molar-refractivity contribution in [2.45, 2.75) is 37.4 Å². The van der Waals surface area contributed by atoms with Gasteiger partial charge in [0.15, 0.2) is 15.7 Å². The zero-order chi connectivity index (χ0) is 25.4. The molecule has 8 nitrogen and oxygen atoms in total. The highest BCUT2D eigenvalue weighted by Gasteiger charge is 2.37. The van der Waals surface area contributed by atoms with Gasteiger partial charge in [0.25, 0.3) is 0 Å².